The van der Waals surface area contributed by atoms with Crippen LogP contribution >= 0.6 is 22.9 Å². The molecule has 1 aromatic rings. The molecule has 20 heavy (non-hydrogen) atoms. The summed E-state index contributed by atoms with van der Waals surface area (Å²) in [6, 6.07) is 1.56. The SMILES string of the molecule is CC[C@@]1(C(=O)O)C[C@@H]2CC[C@H]1N2C(=O)c1sccc1Cl. The Morgan fingerprint density at radius 1 is 1.55 bits per heavy atom. The molecule has 1 amide bonds. The fraction of sp³-hybridized carbons (Fsp3) is 0.571. The second-order valence-corrected chi connectivity index (χ2v) is 6.90. The van der Waals surface area contributed by atoms with Crippen LogP contribution in [0.3, 0.4) is 0 Å². The monoisotopic (exact) mass is 313 g/mol. The minimum atomic E-state index is -0.776. The Hall–Kier alpha value is -1.07. The number of halogens is 1. The molecule has 0 aromatic carbocycles. The molecule has 0 saturated carbocycles. The Labute approximate surface area is 126 Å². The van der Waals surface area contributed by atoms with E-state index in [0.29, 0.717) is 22.7 Å². The molecule has 0 radical (unpaired) electrons. The molecule has 0 spiro atoms. The van der Waals surface area contributed by atoms with E-state index in [1.165, 1.54) is 11.3 Å². The first-order chi connectivity index (χ1) is 9.51. The highest BCUT2D eigenvalue weighted by molar-refractivity contribution is 7.12. The molecule has 3 rings (SSSR count). The van der Waals surface area contributed by atoms with E-state index in [1.807, 2.05) is 6.92 Å². The summed E-state index contributed by atoms with van der Waals surface area (Å²) in [4.78, 5) is 26.7. The number of hydrogen-bond acceptors (Lipinski definition) is 3. The van der Waals surface area contributed by atoms with Crippen LogP contribution in [0.25, 0.3) is 0 Å². The number of rotatable bonds is 3. The van der Waals surface area contributed by atoms with Gasteiger partial charge < -0.3 is 10.0 Å². The van der Waals surface area contributed by atoms with Crippen molar-refractivity contribution in [3.63, 3.8) is 0 Å². The number of carbonyl (C=O) groups is 2. The summed E-state index contributed by atoms with van der Waals surface area (Å²) in [5.41, 5.74) is -0.775. The lowest BCUT2D eigenvalue weighted by molar-refractivity contribution is -0.151. The first-order valence-electron chi connectivity index (χ1n) is 6.80. The van der Waals surface area contributed by atoms with Crippen molar-refractivity contribution < 1.29 is 14.7 Å². The van der Waals surface area contributed by atoms with Crippen molar-refractivity contribution in [2.75, 3.05) is 0 Å². The van der Waals surface area contributed by atoms with Crippen LogP contribution in [-0.2, 0) is 4.79 Å². The molecule has 2 aliphatic rings. The number of thiophene rings is 1. The average molecular weight is 314 g/mol. The maximum atomic E-state index is 12.7. The number of nitrogens with zero attached hydrogens (tertiary/aromatic N) is 1. The molecule has 1 aromatic heterocycles. The molecule has 0 aliphatic carbocycles. The summed E-state index contributed by atoms with van der Waals surface area (Å²) in [6.07, 6.45) is 2.80. The van der Waals surface area contributed by atoms with Gasteiger partial charge in [-0.2, -0.15) is 0 Å². The topological polar surface area (TPSA) is 57.6 Å². The number of hydrogen-bond donors (Lipinski definition) is 1. The summed E-state index contributed by atoms with van der Waals surface area (Å²) in [5, 5.41) is 11.9. The summed E-state index contributed by atoms with van der Waals surface area (Å²) in [7, 11) is 0. The van der Waals surface area contributed by atoms with Crippen molar-refractivity contribution in [2.45, 2.75) is 44.7 Å². The summed E-state index contributed by atoms with van der Waals surface area (Å²) in [5.74, 6) is -0.878. The highest BCUT2D eigenvalue weighted by atomic mass is 35.5. The van der Waals surface area contributed by atoms with E-state index in [2.05, 4.69) is 0 Å². The van der Waals surface area contributed by atoms with Gasteiger partial charge in [-0.25, -0.2) is 0 Å². The van der Waals surface area contributed by atoms with Crippen molar-refractivity contribution >= 4 is 34.8 Å². The van der Waals surface area contributed by atoms with Gasteiger partial charge in [0.15, 0.2) is 0 Å². The molecule has 0 unspecified atom stereocenters. The molecule has 3 atom stereocenters. The Morgan fingerprint density at radius 3 is 2.80 bits per heavy atom. The van der Waals surface area contributed by atoms with E-state index in [4.69, 9.17) is 11.6 Å². The number of carbonyl (C=O) groups excluding carboxylic acids is 1. The van der Waals surface area contributed by atoms with Gasteiger partial charge in [-0.3, -0.25) is 9.59 Å². The van der Waals surface area contributed by atoms with Crippen LogP contribution in [0.2, 0.25) is 5.02 Å². The Bertz CT molecular complexity index is 573. The van der Waals surface area contributed by atoms with Gasteiger partial charge in [-0.1, -0.05) is 18.5 Å². The van der Waals surface area contributed by atoms with Crippen molar-refractivity contribution in [2.24, 2.45) is 5.41 Å². The third-order valence-corrected chi connectivity index (χ3v) is 6.17. The van der Waals surface area contributed by atoms with Crippen molar-refractivity contribution in [1.82, 2.24) is 4.90 Å². The molecule has 108 valence electrons. The molecule has 4 nitrogen and oxygen atoms in total. The molecule has 2 aliphatic heterocycles. The summed E-state index contributed by atoms with van der Waals surface area (Å²) < 4.78 is 0. The molecular weight excluding hydrogens is 298 g/mol. The van der Waals surface area contributed by atoms with E-state index in [-0.39, 0.29) is 18.0 Å². The predicted molar refractivity (Wildman–Crippen MR) is 77.3 cm³/mol. The predicted octanol–water partition coefficient (Wildman–Crippen LogP) is 3.26. The summed E-state index contributed by atoms with van der Waals surface area (Å²) >= 11 is 7.36. The zero-order valence-electron chi connectivity index (χ0n) is 11.1. The normalized spacial score (nSPS) is 31.8. The maximum absolute atomic E-state index is 12.7. The molecule has 1 N–H and O–H groups in total. The van der Waals surface area contributed by atoms with Gasteiger partial charge in [0, 0.05) is 12.1 Å². The standard InChI is InChI=1S/C14H16ClNO3S/c1-2-14(13(18)19)7-8-3-4-10(14)16(8)12(17)11-9(15)5-6-20-11/h5-6,8,10H,2-4,7H2,1H3,(H,18,19)/t8-,10+,14+/m0/s1. The fourth-order valence-electron chi connectivity index (χ4n) is 3.81. The smallest absolute Gasteiger partial charge is 0.311 e. The van der Waals surface area contributed by atoms with Crippen LogP contribution in [0.15, 0.2) is 11.4 Å². The molecular formula is C14H16ClNO3S. The molecule has 6 heteroatoms. The minimum absolute atomic E-state index is 0.0433. The van der Waals surface area contributed by atoms with Crippen molar-refractivity contribution in [3.05, 3.63) is 21.3 Å². The first kappa shape index (κ1) is 13.9. The third kappa shape index (κ3) is 1.72. The van der Waals surface area contributed by atoms with E-state index in [0.717, 1.165) is 12.8 Å². The molecule has 2 saturated heterocycles. The van der Waals surface area contributed by atoms with Crippen LogP contribution in [0, 0.1) is 5.41 Å². The highest BCUT2D eigenvalue weighted by Crippen LogP contribution is 2.52. The lowest BCUT2D eigenvalue weighted by Gasteiger charge is -2.32. The van der Waals surface area contributed by atoms with Crippen LogP contribution < -0.4 is 0 Å². The van der Waals surface area contributed by atoms with E-state index in [9.17, 15) is 14.7 Å². The lowest BCUT2D eigenvalue weighted by Crippen LogP contribution is -2.44. The van der Waals surface area contributed by atoms with Gasteiger partial charge in [-0.15, -0.1) is 11.3 Å². The Balaban J connectivity index is 1.95. The van der Waals surface area contributed by atoms with Crippen LogP contribution in [0.1, 0.15) is 42.3 Å². The largest absolute Gasteiger partial charge is 0.481 e. The maximum Gasteiger partial charge on any atom is 0.311 e. The highest BCUT2D eigenvalue weighted by Gasteiger charge is 2.60. The second-order valence-electron chi connectivity index (χ2n) is 5.58. The summed E-state index contributed by atoms with van der Waals surface area (Å²) in [6.45, 7) is 1.90. The third-order valence-electron chi connectivity index (χ3n) is 4.84. The quantitative estimate of drug-likeness (QED) is 0.932. The van der Waals surface area contributed by atoms with Gasteiger partial charge in [0.2, 0.25) is 0 Å². The van der Waals surface area contributed by atoms with Gasteiger partial charge >= 0.3 is 5.97 Å². The Kier molecular flexibility index (Phi) is 3.29. The molecule has 3 heterocycles. The number of amides is 1. The second kappa shape index (κ2) is 4.74. The Morgan fingerprint density at radius 2 is 2.30 bits per heavy atom. The van der Waals surface area contributed by atoms with E-state index >= 15 is 0 Å². The van der Waals surface area contributed by atoms with Crippen molar-refractivity contribution in [1.29, 1.82) is 0 Å². The number of fused-ring (bicyclic) bond motifs is 2. The zero-order valence-corrected chi connectivity index (χ0v) is 12.7. The van der Waals surface area contributed by atoms with Crippen LogP contribution in [0.5, 0.6) is 0 Å². The van der Waals surface area contributed by atoms with Crippen molar-refractivity contribution in [3.8, 4) is 0 Å². The van der Waals surface area contributed by atoms with E-state index < -0.39 is 11.4 Å². The fourth-order valence-corrected chi connectivity index (χ4v) is 4.89. The van der Waals surface area contributed by atoms with Gasteiger partial charge in [-0.05, 0) is 37.1 Å². The number of aliphatic carboxylic acids is 1. The number of carboxylic acid groups (broad SMARTS) is 1. The zero-order chi connectivity index (χ0) is 14.5. The average Bonchev–Trinajstić information content (AvgIpc) is 3.10. The van der Waals surface area contributed by atoms with E-state index in [1.54, 1.807) is 16.3 Å². The minimum Gasteiger partial charge on any atom is -0.481 e. The number of carboxylic acids is 1. The first-order valence-corrected chi connectivity index (χ1v) is 8.06. The van der Waals surface area contributed by atoms with Crippen LogP contribution in [0.4, 0.5) is 0 Å². The van der Waals surface area contributed by atoms with Gasteiger partial charge in [0.05, 0.1) is 10.4 Å². The van der Waals surface area contributed by atoms with Gasteiger partial charge in [0.25, 0.3) is 5.91 Å². The van der Waals surface area contributed by atoms with Gasteiger partial charge in [0.1, 0.15) is 4.88 Å². The molecule has 2 fully saturated rings. The lowest BCUT2D eigenvalue weighted by atomic mass is 9.72. The van der Waals surface area contributed by atoms with Crippen LogP contribution in [-0.4, -0.2) is 34.0 Å². The molecule has 2 bridgehead atoms.